The number of anilines is 2. The summed E-state index contributed by atoms with van der Waals surface area (Å²) >= 11 is 0. The molecule has 0 saturated carbocycles. The summed E-state index contributed by atoms with van der Waals surface area (Å²) in [7, 11) is 0. The molecule has 0 atom stereocenters. The van der Waals surface area contributed by atoms with E-state index >= 15 is 0 Å². The second-order valence-electron chi connectivity index (χ2n) is 2.25. The van der Waals surface area contributed by atoms with Gasteiger partial charge in [0.15, 0.2) is 12.0 Å². The Labute approximate surface area is 72.5 Å². The van der Waals surface area contributed by atoms with E-state index in [1.807, 2.05) is 0 Å². The molecule has 0 aliphatic rings. The second-order valence-corrected chi connectivity index (χ2v) is 2.25. The van der Waals surface area contributed by atoms with Gasteiger partial charge < -0.3 is 11.5 Å². The number of aromatic nitrogens is 1. The Bertz CT molecular complexity index is 376. The minimum atomic E-state index is -0.772. The van der Waals surface area contributed by atoms with Gasteiger partial charge in [-0.05, 0) is 0 Å². The van der Waals surface area contributed by atoms with Gasteiger partial charge in [-0.25, -0.2) is 4.98 Å². The van der Waals surface area contributed by atoms with Crippen molar-refractivity contribution in [2.75, 3.05) is 11.5 Å². The van der Waals surface area contributed by atoms with Crippen molar-refractivity contribution < 1.29 is 9.72 Å². The highest BCUT2D eigenvalue weighted by Gasteiger charge is 2.19. The lowest BCUT2D eigenvalue weighted by Gasteiger charge is -1.99. The van der Waals surface area contributed by atoms with Crippen LogP contribution in [0.15, 0.2) is 6.07 Å². The lowest BCUT2D eigenvalue weighted by molar-refractivity contribution is -0.384. The third kappa shape index (κ3) is 1.53. The second kappa shape index (κ2) is 3.05. The minimum Gasteiger partial charge on any atom is -0.393 e. The third-order valence-electron chi connectivity index (χ3n) is 1.36. The zero-order valence-electron chi connectivity index (χ0n) is 6.43. The first kappa shape index (κ1) is 8.91. The average Bonchev–Trinajstić information content (AvgIpc) is 2.01. The van der Waals surface area contributed by atoms with Gasteiger partial charge in [0, 0.05) is 6.07 Å². The smallest absolute Gasteiger partial charge is 0.321 e. The van der Waals surface area contributed by atoms with Gasteiger partial charge in [-0.1, -0.05) is 0 Å². The van der Waals surface area contributed by atoms with E-state index in [2.05, 4.69) is 4.98 Å². The van der Waals surface area contributed by atoms with Crippen molar-refractivity contribution in [3.8, 4) is 0 Å². The molecule has 13 heavy (non-hydrogen) atoms. The van der Waals surface area contributed by atoms with Crippen LogP contribution >= 0.6 is 0 Å². The molecule has 1 aromatic heterocycles. The van der Waals surface area contributed by atoms with Gasteiger partial charge in [-0.15, -0.1) is 0 Å². The highest BCUT2D eigenvalue weighted by Crippen LogP contribution is 2.24. The van der Waals surface area contributed by atoms with E-state index in [0.29, 0.717) is 0 Å². The molecule has 7 heteroatoms. The highest BCUT2D eigenvalue weighted by molar-refractivity contribution is 5.84. The zero-order chi connectivity index (χ0) is 10.0. The molecule has 0 unspecified atom stereocenters. The van der Waals surface area contributed by atoms with E-state index in [-0.39, 0.29) is 23.5 Å². The number of hydrogen-bond acceptors (Lipinski definition) is 6. The Morgan fingerprint density at radius 2 is 2.15 bits per heavy atom. The number of nitrogens with two attached hydrogens (primary N) is 2. The monoisotopic (exact) mass is 182 g/mol. The number of hydrogen-bond donors (Lipinski definition) is 2. The SMILES string of the molecule is Nc1cc(N)c([N+](=O)[O-])c(C=O)n1. The summed E-state index contributed by atoms with van der Waals surface area (Å²) in [6.07, 6.45) is 0.241. The van der Waals surface area contributed by atoms with Crippen LogP contribution in [0.3, 0.4) is 0 Å². The molecule has 0 bridgehead atoms. The first-order valence-corrected chi connectivity index (χ1v) is 3.22. The Hall–Kier alpha value is -2.18. The van der Waals surface area contributed by atoms with Crippen LogP contribution in [0, 0.1) is 10.1 Å². The van der Waals surface area contributed by atoms with Crippen molar-refractivity contribution >= 4 is 23.5 Å². The Morgan fingerprint density at radius 3 is 2.62 bits per heavy atom. The van der Waals surface area contributed by atoms with E-state index in [1.54, 1.807) is 0 Å². The molecule has 68 valence electrons. The molecule has 0 aliphatic heterocycles. The van der Waals surface area contributed by atoms with Gasteiger partial charge >= 0.3 is 5.69 Å². The normalized spacial score (nSPS) is 9.54. The van der Waals surface area contributed by atoms with Crippen LogP contribution in [0.2, 0.25) is 0 Å². The molecule has 7 nitrogen and oxygen atoms in total. The standard InChI is InChI=1S/C6H6N4O3/c7-3-1-5(8)9-4(2-11)6(3)10(12)13/h1-2H,(H4,7,8,9). The number of pyridine rings is 1. The average molecular weight is 182 g/mol. The van der Waals surface area contributed by atoms with Crippen LogP contribution in [-0.2, 0) is 0 Å². The Morgan fingerprint density at radius 1 is 1.54 bits per heavy atom. The van der Waals surface area contributed by atoms with Crippen LogP contribution in [0.1, 0.15) is 10.5 Å². The molecule has 0 aliphatic carbocycles. The van der Waals surface area contributed by atoms with E-state index in [0.717, 1.165) is 6.07 Å². The van der Waals surface area contributed by atoms with Crippen LogP contribution in [0.5, 0.6) is 0 Å². The number of carbonyl (C=O) groups excluding carboxylic acids is 1. The number of aldehydes is 1. The van der Waals surface area contributed by atoms with Gasteiger partial charge in [0.05, 0.1) is 4.92 Å². The molecule has 0 aromatic carbocycles. The minimum absolute atomic E-state index is 0.0230. The predicted molar refractivity (Wildman–Crippen MR) is 45.1 cm³/mol. The predicted octanol–water partition coefficient (Wildman–Crippen LogP) is -0.0333. The van der Waals surface area contributed by atoms with Crippen molar-refractivity contribution in [3.05, 3.63) is 21.9 Å². The summed E-state index contributed by atoms with van der Waals surface area (Å²) in [5.41, 5.74) is 9.47. The van der Waals surface area contributed by atoms with Crippen LogP contribution in [0.25, 0.3) is 0 Å². The fourth-order valence-corrected chi connectivity index (χ4v) is 0.881. The van der Waals surface area contributed by atoms with Gasteiger partial charge in [0.2, 0.25) is 0 Å². The topological polar surface area (TPSA) is 125 Å². The van der Waals surface area contributed by atoms with Crippen molar-refractivity contribution in [2.45, 2.75) is 0 Å². The molecule has 0 radical (unpaired) electrons. The van der Waals surface area contributed by atoms with Crippen molar-refractivity contribution in [1.29, 1.82) is 0 Å². The van der Waals surface area contributed by atoms with Gasteiger partial charge in [-0.2, -0.15) is 0 Å². The number of rotatable bonds is 2. The third-order valence-corrected chi connectivity index (χ3v) is 1.36. The van der Waals surface area contributed by atoms with Crippen LogP contribution < -0.4 is 11.5 Å². The fraction of sp³-hybridized carbons (Fsp3) is 0. The van der Waals surface area contributed by atoms with Crippen LogP contribution in [0.4, 0.5) is 17.2 Å². The molecule has 1 heterocycles. The van der Waals surface area contributed by atoms with E-state index in [4.69, 9.17) is 11.5 Å². The van der Waals surface area contributed by atoms with E-state index < -0.39 is 10.6 Å². The summed E-state index contributed by atoms with van der Waals surface area (Å²) in [5, 5.41) is 10.4. The number of nitrogen functional groups attached to an aromatic ring is 2. The molecule has 0 saturated heterocycles. The van der Waals surface area contributed by atoms with Gasteiger partial charge in [0.25, 0.3) is 0 Å². The molecule has 0 fully saturated rings. The number of nitrogens with zero attached hydrogens (tertiary/aromatic N) is 2. The fourth-order valence-electron chi connectivity index (χ4n) is 0.881. The molecule has 0 spiro atoms. The van der Waals surface area contributed by atoms with Crippen LogP contribution in [-0.4, -0.2) is 16.2 Å². The summed E-state index contributed by atoms with van der Waals surface area (Å²) in [6.45, 7) is 0. The van der Waals surface area contributed by atoms with Crippen molar-refractivity contribution in [2.24, 2.45) is 0 Å². The van der Waals surface area contributed by atoms with Gasteiger partial charge in [-0.3, -0.25) is 14.9 Å². The molecular weight excluding hydrogens is 176 g/mol. The highest BCUT2D eigenvalue weighted by atomic mass is 16.6. The first-order chi connectivity index (χ1) is 6.06. The Kier molecular flexibility index (Phi) is 2.09. The maximum Gasteiger partial charge on any atom is 0.321 e. The molecule has 1 rings (SSSR count). The Balaban J connectivity index is 3.47. The summed E-state index contributed by atoms with van der Waals surface area (Å²) in [5.74, 6) is -0.0230. The lowest BCUT2D eigenvalue weighted by Crippen LogP contribution is -2.04. The quantitative estimate of drug-likeness (QED) is 0.375. The maximum absolute atomic E-state index is 10.4. The molecule has 0 amide bonds. The summed E-state index contributed by atoms with van der Waals surface area (Å²) in [4.78, 5) is 23.4. The molecular formula is C6H6N4O3. The summed E-state index contributed by atoms with van der Waals surface area (Å²) < 4.78 is 0. The molecule has 4 N–H and O–H groups in total. The zero-order valence-corrected chi connectivity index (χ0v) is 6.43. The summed E-state index contributed by atoms with van der Waals surface area (Å²) in [6, 6.07) is 1.13. The first-order valence-electron chi connectivity index (χ1n) is 3.22. The maximum atomic E-state index is 10.4. The van der Waals surface area contributed by atoms with E-state index in [9.17, 15) is 14.9 Å². The number of carbonyl (C=O) groups is 1. The van der Waals surface area contributed by atoms with Crippen molar-refractivity contribution in [1.82, 2.24) is 4.98 Å². The van der Waals surface area contributed by atoms with E-state index in [1.165, 1.54) is 0 Å². The lowest BCUT2D eigenvalue weighted by atomic mass is 10.2. The van der Waals surface area contributed by atoms with Gasteiger partial charge in [0.1, 0.15) is 11.5 Å². The molecule has 1 aromatic rings. The number of nitro groups is 1. The van der Waals surface area contributed by atoms with Crippen molar-refractivity contribution in [3.63, 3.8) is 0 Å². The largest absolute Gasteiger partial charge is 0.393 e.